The van der Waals surface area contributed by atoms with Crippen LogP contribution in [0.2, 0.25) is 5.15 Å². The fourth-order valence-corrected chi connectivity index (χ4v) is 2.39. The number of benzene rings is 1. The van der Waals surface area contributed by atoms with Crippen molar-refractivity contribution in [2.24, 2.45) is 0 Å². The van der Waals surface area contributed by atoms with Crippen molar-refractivity contribution in [3.05, 3.63) is 35.1 Å². The quantitative estimate of drug-likeness (QED) is 0.774. The first-order valence-corrected chi connectivity index (χ1v) is 5.73. The Balaban J connectivity index is 2.03. The summed E-state index contributed by atoms with van der Waals surface area (Å²) >= 11 is 5.99. The molecule has 0 amide bonds. The molecular formula is C12H9ClF2N2. The molecular weight excluding hydrogens is 246 g/mol. The molecule has 0 radical (unpaired) electrons. The Morgan fingerprint density at radius 1 is 1.12 bits per heavy atom. The van der Waals surface area contributed by atoms with Gasteiger partial charge in [-0.15, -0.1) is 0 Å². The molecule has 0 aliphatic heterocycles. The third-order valence-corrected chi connectivity index (χ3v) is 3.31. The zero-order chi connectivity index (χ0) is 12.0. The number of alkyl halides is 2. The van der Waals surface area contributed by atoms with Crippen molar-refractivity contribution in [1.82, 2.24) is 9.97 Å². The maximum atomic E-state index is 12.8. The van der Waals surface area contributed by atoms with Crippen LogP contribution in [0.5, 0.6) is 0 Å². The Kier molecular flexibility index (Phi) is 2.30. The van der Waals surface area contributed by atoms with E-state index in [1.807, 2.05) is 12.1 Å². The molecule has 0 saturated heterocycles. The number of halogens is 3. The standard InChI is InChI=1S/C12H9ClF2N2/c13-11-10(7-5-12(14,15)6-7)16-8-3-1-2-4-9(8)17-11/h1-4,7H,5-6H2. The van der Waals surface area contributed by atoms with E-state index in [4.69, 9.17) is 11.6 Å². The summed E-state index contributed by atoms with van der Waals surface area (Å²) in [6.45, 7) is 0. The van der Waals surface area contributed by atoms with Crippen molar-refractivity contribution in [2.75, 3.05) is 0 Å². The van der Waals surface area contributed by atoms with Crippen molar-refractivity contribution in [2.45, 2.75) is 24.7 Å². The summed E-state index contributed by atoms with van der Waals surface area (Å²) in [6.07, 6.45) is -0.362. The maximum Gasteiger partial charge on any atom is 0.249 e. The van der Waals surface area contributed by atoms with Gasteiger partial charge in [0, 0.05) is 18.8 Å². The number of nitrogens with zero attached hydrogens (tertiary/aromatic N) is 2. The first-order valence-electron chi connectivity index (χ1n) is 5.35. The molecule has 88 valence electrons. The van der Waals surface area contributed by atoms with E-state index in [2.05, 4.69) is 9.97 Å². The molecule has 0 bridgehead atoms. The molecule has 1 heterocycles. The second-order valence-corrected chi connectivity index (χ2v) is 4.71. The molecule has 0 atom stereocenters. The van der Waals surface area contributed by atoms with Gasteiger partial charge in [0.1, 0.15) is 0 Å². The van der Waals surface area contributed by atoms with E-state index in [9.17, 15) is 8.78 Å². The predicted molar refractivity (Wildman–Crippen MR) is 61.5 cm³/mol. The van der Waals surface area contributed by atoms with Crippen LogP contribution < -0.4 is 0 Å². The van der Waals surface area contributed by atoms with Crippen LogP contribution >= 0.6 is 11.6 Å². The number of para-hydroxylation sites is 2. The van der Waals surface area contributed by atoms with E-state index in [0.717, 1.165) is 0 Å². The second kappa shape index (κ2) is 3.60. The van der Waals surface area contributed by atoms with Gasteiger partial charge in [-0.25, -0.2) is 18.7 Å². The van der Waals surface area contributed by atoms with Gasteiger partial charge >= 0.3 is 0 Å². The summed E-state index contributed by atoms with van der Waals surface area (Å²) in [6, 6.07) is 7.28. The van der Waals surface area contributed by atoms with E-state index in [-0.39, 0.29) is 23.9 Å². The SMILES string of the molecule is FC1(F)CC(c2nc3ccccc3nc2Cl)C1. The molecule has 3 rings (SSSR count). The molecule has 1 fully saturated rings. The number of fused-ring (bicyclic) bond motifs is 1. The first kappa shape index (κ1) is 10.8. The third-order valence-electron chi connectivity index (χ3n) is 3.03. The van der Waals surface area contributed by atoms with Gasteiger partial charge in [0.15, 0.2) is 5.15 Å². The maximum absolute atomic E-state index is 12.8. The van der Waals surface area contributed by atoms with Crippen LogP contribution in [0.25, 0.3) is 11.0 Å². The molecule has 1 saturated carbocycles. The Labute approximate surface area is 102 Å². The van der Waals surface area contributed by atoms with E-state index in [1.54, 1.807) is 12.1 Å². The smallest absolute Gasteiger partial charge is 0.248 e. The molecule has 2 nitrogen and oxygen atoms in total. The summed E-state index contributed by atoms with van der Waals surface area (Å²) in [5.41, 5.74) is 1.88. The Morgan fingerprint density at radius 3 is 2.29 bits per heavy atom. The fraction of sp³-hybridized carbons (Fsp3) is 0.333. The highest BCUT2D eigenvalue weighted by atomic mass is 35.5. The van der Waals surface area contributed by atoms with Gasteiger partial charge in [-0.3, -0.25) is 0 Å². The Bertz CT molecular complexity index is 578. The monoisotopic (exact) mass is 254 g/mol. The summed E-state index contributed by atoms with van der Waals surface area (Å²) in [4.78, 5) is 8.52. The molecule has 1 aromatic heterocycles. The molecule has 2 aromatic rings. The number of aromatic nitrogens is 2. The normalized spacial score (nSPS) is 19.2. The van der Waals surface area contributed by atoms with Crippen molar-refractivity contribution in [3.63, 3.8) is 0 Å². The highest BCUT2D eigenvalue weighted by molar-refractivity contribution is 6.30. The van der Waals surface area contributed by atoms with Gasteiger partial charge in [-0.1, -0.05) is 23.7 Å². The third kappa shape index (κ3) is 1.86. The topological polar surface area (TPSA) is 25.8 Å². The average Bonchev–Trinajstić information content (AvgIpc) is 2.25. The van der Waals surface area contributed by atoms with Crippen LogP contribution in [0, 0.1) is 0 Å². The lowest BCUT2D eigenvalue weighted by molar-refractivity contribution is -0.0875. The number of rotatable bonds is 1. The summed E-state index contributed by atoms with van der Waals surface area (Å²) in [5.74, 6) is -2.84. The average molecular weight is 255 g/mol. The van der Waals surface area contributed by atoms with Gasteiger partial charge in [0.2, 0.25) is 5.92 Å². The lowest BCUT2D eigenvalue weighted by atomic mass is 9.79. The van der Waals surface area contributed by atoms with Crippen LogP contribution in [-0.4, -0.2) is 15.9 Å². The molecule has 1 aliphatic rings. The van der Waals surface area contributed by atoms with Crippen LogP contribution in [0.3, 0.4) is 0 Å². The van der Waals surface area contributed by atoms with E-state index < -0.39 is 5.92 Å². The van der Waals surface area contributed by atoms with Crippen LogP contribution in [0.15, 0.2) is 24.3 Å². The van der Waals surface area contributed by atoms with Gasteiger partial charge in [0.25, 0.3) is 0 Å². The van der Waals surface area contributed by atoms with Gasteiger partial charge in [-0.2, -0.15) is 0 Å². The summed E-state index contributed by atoms with van der Waals surface area (Å²) in [5, 5.41) is 0.240. The molecule has 1 aromatic carbocycles. The second-order valence-electron chi connectivity index (χ2n) is 4.35. The highest BCUT2D eigenvalue weighted by Gasteiger charge is 2.47. The minimum atomic E-state index is -2.57. The van der Waals surface area contributed by atoms with Crippen LogP contribution in [0.1, 0.15) is 24.5 Å². The molecule has 0 unspecified atom stereocenters. The van der Waals surface area contributed by atoms with Crippen molar-refractivity contribution in [3.8, 4) is 0 Å². The van der Waals surface area contributed by atoms with Crippen molar-refractivity contribution in [1.29, 1.82) is 0 Å². The van der Waals surface area contributed by atoms with Gasteiger partial charge in [0.05, 0.1) is 16.7 Å². The minimum Gasteiger partial charge on any atom is -0.248 e. The van der Waals surface area contributed by atoms with Crippen LogP contribution in [-0.2, 0) is 0 Å². The highest BCUT2D eigenvalue weighted by Crippen LogP contribution is 2.49. The fourth-order valence-electron chi connectivity index (χ4n) is 2.11. The molecule has 1 aliphatic carbocycles. The predicted octanol–water partition coefficient (Wildman–Crippen LogP) is 3.80. The lowest BCUT2D eigenvalue weighted by Crippen LogP contribution is -2.34. The molecule has 17 heavy (non-hydrogen) atoms. The van der Waals surface area contributed by atoms with Crippen LogP contribution in [0.4, 0.5) is 8.78 Å². The lowest BCUT2D eigenvalue weighted by Gasteiger charge is -2.34. The van der Waals surface area contributed by atoms with E-state index in [1.165, 1.54) is 0 Å². The minimum absolute atomic E-state index is 0.181. The molecule has 0 spiro atoms. The zero-order valence-electron chi connectivity index (χ0n) is 8.83. The van der Waals surface area contributed by atoms with Crippen molar-refractivity contribution < 1.29 is 8.78 Å². The van der Waals surface area contributed by atoms with E-state index >= 15 is 0 Å². The van der Waals surface area contributed by atoms with Gasteiger partial charge < -0.3 is 0 Å². The number of hydrogen-bond acceptors (Lipinski definition) is 2. The Morgan fingerprint density at radius 2 is 1.71 bits per heavy atom. The van der Waals surface area contributed by atoms with E-state index in [0.29, 0.717) is 16.7 Å². The van der Waals surface area contributed by atoms with Crippen molar-refractivity contribution >= 4 is 22.6 Å². The van der Waals surface area contributed by atoms with Gasteiger partial charge in [-0.05, 0) is 12.1 Å². The Hall–Kier alpha value is -1.29. The summed E-state index contributed by atoms with van der Waals surface area (Å²) in [7, 11) is 0. The molecule has 5 heteroatoms. The first-order chi connectivity index (χ1) is 8.05. The summed E-state index contributed by atoms with van der Waals surface area (Å²) < 4.78 is 25.7. The zero-order valence-corrected chi connectivity index (χ0v) is 9.59. The number of hydrogen-bond donors (Lipinski definition) is 0. The largest absolute Gasteiger partial charge is 0.249 e. The molecule has 0 N–H and O–H groups in total.